The molecule has 2 radical (unpaired) electrons. The number of rotatable bonds is 42. The number of carbonyl (C=O) groups excluding carboxylic acids is 2. The molecule has 0 saturated carbocycles. The largest absolute Gasteiger partial charge is 0.508 e. The Morgan fingerprint density at radius 3 is 1.07 bits per heavy atom. The summed E-state index contributed by atoms with van der Waals surface area (Å²) in [7, 11) is 7.98. The number of allylic oxidation sites excluding steroid dienone is 13. The second kappa shape index (κ2) is 66.1. The second-order valence-corrected chi connectivity index (χ2v) is 38.6. The summed E-state index contributed by atoms with van der Waals surface area (Å²) in [4.78, 5) is 46.6. The molecule has 0 bridgehead atoms. The van der Waals surface area contributed by atoms with E-state index in [4.69, 9.17) is 42.0 Å². The van der Waals surface area contributed by atoms with Gasteiger partial charge in [0.2, 0.25) is 0 Å². The third-order valence-corrected chi connectivity index (χ3v) is 27.0. The number of hydrogen-bond acceptors (Lipinski definition) is 14. The standard InChI is InChI=1S/C25H34O6.C24H37NO2.C23H32O4.C23H34O2.C21H30O.CH3B.4CH4/c1-6-7-8-9-18-12-22(30-16(4)26)24(23(13-18)31-17(5)27)21-14-19(25(28)29)10-11-20(21)15(2)3;1-5-6-7-9-19-15-22(26)24(23(16-19)27-13-8-12-25)21-14-18(4)10-11-20(21)17(2)3;1-5-6-7-8-17-12-20(24)23(21(13-17)27-14-22(25)26)19-11-16(4)9-10-18(19)15(2)3;1-7-8-9-10-18-14-21(24-5)23(22(15-18)25-6)20-13-17(4)11-12-19(20)16(2)3;1-5-6-7-8-17-10-12-19(21(22)14-17)20-13-16(4)9-11-18(20)15(2)3;1-2;;;;/h12-15,20-21H,6-11H2,1-5H3,(H,28,29);14-16,20-21,26H,2,5-13,25H2,1,3-4H3;11-13,18-19,24H,2,5-10,14H2,1,3-4H3,(H,25,26);13-15,19-20H,2,7-12H2,1,3-6H3;10,12-14,18,20,22H,2,5-9,11H2,1,3-4H3;1H3;4*1H4/t2*20-,21+;18-,19+;19-,20+;18-,20+;;;;;/m00000...../s1/i;;;;;1D2;;;;. The Balaban J connectivity index is 0.000000863. The van der Waals surface area contributed by atoms with Crippen LogP contribution in [0.4, 0.5) is 0 Å². The van der Waals surface area contributed by atoms with Crippen molar-refractivity contribution >= 4 is 31.7 Å². The first kappa shape index (κ1) is 122. The molecule has 0 aliphatic heterocycles. The first-order valence-electron chi connectivity index (χ1n) is 51.2. The zero-order valence-electron chi connectivity index (χ0n) is 87.5. The SMILES string of the molecule is C.C.C.C.C=C(C)[C@@H]1CCC(C)=C[C@H]1c1c(O)cc(CCCCC)cc1OCC(=O)O.C=C(C)[C@@H]1CCC(C)=C[C@H]1c1c(O)cc(CCCCC)cc1OCCCN.C=C(C)[C@@H]1CCC(C)=C[C@H]1c1c(OC)cc(CCCCC)cc1OC.C=C(C)[C@@H]1CCC(C)=C[C@H]1c1ccc(CCCCC)cc1O.CCCCCc1cc(OC(C)=O)c([C@@H]2C=C(C(=O)O)CC[C@H]2C(C)C)c(OC(C)=O)c1.[2H]C([2H])[B]. The van der Waals surface area contributed by atoms with Crippen molar-refractivity contribution in [2.45, 2.75) is 383 Å². The van der Waals surface area contributed by atoms with Crippen molar-refractivity contribution in [3.05, 3.63) is 229 Å². The molecule has 138 heavy (non-hydrogen) atoms. The van der Waals surface area contributed by atoms with Crippen LogP contribution in [0.1, 0.15) is 402 Å². The highest BCUT2D eigenvalue weighted by Gasteiger charge is 2.38. The zero-order chi connectivity index (χ0) is 101. The van der Waals surface area contributed by atoms with Gasteiger partial charge in [-0.3, -0.25) is 9.59 Å². The molecule has 10 atom stereocenters. The van der Waals surface area contributed by atoms with Crippen LogP contribution in [0, 0.1) is 35.5 Å². The number of ether oxygens (including phenoxy) is 6. The Bertz CT molecular complexity index is 4810. The van der Waals surface area contributed by atoms with Crippen LogP contribution in [0.25, 0.3) is 0 Å². The molecule has 0 spiro atoms. The maximum absolute atomic E-state index is 11.9. The van der Waals surface area contributed by atoms with Crippen LogP contribution in [0.5, 0.6) is 51.7 Å². The molecule has 5 aliphatic carbocycles. The molecule has 5 aromatic carbocycles. The summed E-state index contributed by atoms with van der Waals surface area (Å²) < 4.78 is 46.6. The maximum Gasteiger partial charge on any atom is 0.341 e. The lowest BCUT2D eigenvalue weighted by Gasteiger charge is -2.34. The summed E-state index contributed by atoms with van der Waals surface area (Å²) in [6.45, 7) is 51.2. The predicted octanol–water partition coefficient (Wildman–Crippen LogP) is 32.2. The fourth-order valence-electron chi connectivity index (χ4n) is 19.7. The molecule has 0 saturated heterocycles. The van der Waals surface area contributed by atoms with Crippen molar-refractivity contribution in [2.75, 3.05) is 34.0 Å². The van der Waals surface area contributed by atoms with E-state index in [0.717, 1.165) is 185 Å². The quantitative estimate of drug-likeness (QED) is 0.00698. The van der Waals surface area contributed by atoms with Gasteiger partial charge >= 0.3 is 23.9 Å². The van der Waals surface area contributed by atoms with Crippen molar-refractivity contribution in [2.24, 2.45) is 41.2 Å². The van der Waals surface area contributed by atoms with Crippen LogP contribution >= 0.6 is 0 Å². The normalized spacial score (nSPS) is 19.1. The van der Waals surface area contributed by atoms with Crippen LogP contribution in [0.15, 0.2) is 174 Å². The third kappa shape index (κ3) is 39.7. The topological polar surface area (TPSA) is 251 Å². The minimum absolute atomic E-state index is 0. The number of hydrogen-bond donors (Lipinski definition) is 6. The van der Waals surface area contributed by atoms with Gasteiger partial charge in [-0.2, -0.15) is 0 Å². The summed E-state index contributed by atoms with van der Waals surface area (Å²) in [5.74, 6) is 4.06. The van der Waals surface area contributed by atoms with Crippen molar-refractivity contribution in [3.8, 4) is 51.7 Å². The van der Waals surface area contributed by atoms with Gasteiger partial charge in [0.05, 0.1) is 28.7 Å². The summed E-state index contributed by atoms with van der Waals surface area (Å²) >= 11 is 0. The van der Waals surface area contributed by atoms with Gasteiger partial charge in [0.25, 0.3) is 0 Å². The summed E-state index contributed by atoms with van der Waals surface area (Å²) in [5, 5.41) is 51.0. The van der Waals surface area contributed by atoms with Crippen molar-refractivity contribution < 1.29 is 75.9 Å². The Kier molecular flexibility index (Phi) is 58.6. The molecular weight excluding hydrogens is 1720 g/mol. The lowest BCUT2D eigenvalue weighted by atomic mass is 9.71. The number of carboxylic acids is 2. The predicted molar refractivity (Wildman–Crippen MR) is 582 cm³/mol. The number of methoxy groups -OCH3 is 2. The molecule has 0 fully saturated rings. The molecule has 0 aromatic heterocycles. The van der Waals surface area contributed by atoms with E-state index in [1.807, 2.05) is 43.3 Å². The number of phenolic OH excluding ortho intramolecular Hbond substituents is 3. The molecule has 16 nitrogen and oxygen atoms in total. The zero-order valence-corrected chi connectivity index (χ0v) is 85.5. The van der Waals surface area contributed by atoms with E-state index in [2.05, 4.69) is 186 Å². The van der Waals surface area contributed by atoms with Crippen LogP contribution in [0.3, 0.4) is 0 Å². The maximum atomic E-state index is 11.9. The number of carbonyl (C=O) groups is 4. The van der Waals surface area contributed by atoms with E-state index in [1.54, 1.807) is 20.3 Å². The highest BCUT2D eigenvalue weighted by Crippen LogP contribution is 2.53. The molecule has 5 aliphatic rings. The fourth-order valence-corrected chi connectivity index (χ4v) is 19.7. The second-order valence-electron chi connectivity index (χ2n) is 38.6. The van der Waals surface area contributed by atoms with Gasteiger partial charge in [0.1, 0.15) is 51.7 Å². The third-order valence-electron chi connectivity index (χ3n) is 27.0. The molecular formula is C121H186BNO15. The van der Waals surface area contributed by atoms with Crippen molar-refractivity contribution in [1.82, 2.24) is 0 Å². The average molecular weight is 1910 g/mol. The van der Waals surface area contributed by atoms with E-state index < -0.39 is 37.3 Å². The van der Waals surface area contributed by atoms with Crippen LogP contribution in [0.2, 0.25) is 6.78 Å². The number of aryl methyl sites for hydroxylation is 5. The lowest BCUT2D eigenvalue weighted by molar-refractivity contribution is -0.139. The first-order chi connectivity index (χ1) is 64.7. The Morgan fingerprint density at radius 2 is 0.739 bits per heavy atom. The minimum Gasteiger partial charge on any atom is -0.508 e. The van der Waals surface area contributed by atoms with Gasteiger partial charge < -0.3 is 59.7 Å². The summed E-state index contributed by atoms with van der Waals surface area (Å²) in [6, 6.07) is 22.2. The number of aromatic hydroxyl groups is 3. The molecule has 768 valence electrons. The van der Waals surface area contributed by atoms with Crippen LogP contribution < -0.4 is 34.2 Å². The number of phenols is 3. The number of esters is 2. The van der Waals surface area contributed by atoms with Gasteiger partial charge in [0.15, 0.2) is 6.61 Å². The number of benzene rings is 5. The average Bonchev–Trinajstić information content (AvgIpc) is 0.766. The fraction of sp³-hybridized carbons (Fsp3) is 0.570. The molecule has 0 unspecified atom stereocenters. The van der Waals surface area contributed by atoms with Crippen molar-refractivity contribution in [3.63, 3.8) is 0 Å². The molecule has 7 N–H and O–H groups in total. The number of nitrogens with two attached hydrogens (primary N) is 1. The minimum atomic E-state index is -1.17. The van der Waals surface area contributed by atoms with Gasteiger partial charge in [-0.1, -0.05) is 263 Å². The van der Waals surface area contributed by atoms with Gasteiger partial charge in [-0.05, 0) is 315 Å². The van der Waals surface area contributed by atoms with E-state index in [0.29, 0.717) is 89.2 Å². The van der Waals surface area contributed by atoms with Crippen molar-refractivity contribution in [1.29, 1.82) is 0 Å². The smallest absolute Gasteiger partial charge is 0.341 e. The summed E-state index contributed by atoms with van der Waals surface area (Å²) in [6.07, 6.45) is 43.6. The Morgan fingerprint density at radius 1 is 0.420 bits per heavy atom. The number of carboxylic acid groups (broad SMARTS) is 2. The lowest BCUT2D eigenvalue weighted by Crippen LogP contribution is -2.25. The molecule has 5 aromatic rings. The molecule has 10 rings (SSSR count). The van der Waals surface area contributed by atoms with Crippen LogP contribution in [-0.4, -0.2) is 91.2 Å². The van der Waals surface area contributed by atoms with E-state index in [1.165, 1.54) is 121 Å². The van der Waals surface area contributed by atoms with E-state index in [9.17, 15) is 39.6 Å². The highest BCUT2D eigenvalue weighted by molar-refractivity contribution is 6.05. The van der Waals surface area contributed by atoms with E-state index >= 15 is 0 Å². The molecule has 0 amide bonds. The van der Waals surface area contributed by atoms with Crippen LogP contribution in [-0.2, 0) is 51.3 Å². The number of aliphatic carboxylic acids is 2. The van der Waals surface area contributed by atoms with Gasteiger partial charge in [-0.15, -0.1) is 0 Å². The highest BCUT2D eigenvalue weighted by atomic mass is 16.5. The molecule has 0 heterocycles. The monoisotopic (exact) mass is 1910 g/mol. The summed E-state index contributed by atoms with van der Waals surface area (Å²) in [5.41, 5.74) is 26.2. The molecule has 17 heteroatoms. The Hall–Kier alpha value is -9.74. The number of unbranched alkanes of at least 4 members (excludes halogenated alkanes) is 10. The van der Waals surface area contributed by atoms with Gasteiger partial charge in [0, 0.05) is 79.6 Å². The Labute approximate surface area is 841 Å². The van der Waals surface area contributed by atoms with Gasteiger partial charge in [-0.25, -0.2) is 9.59 Å². The first-order valence-corrected chi connectivity index (χ1v) is 50.1. The van der Waals surface area contributed by atoms with E-state index in [-0.39, 0.29) is 82.8 Å².